The Morgan fingerprint density at radius 3 is 2.23 bits per heavy atom. The molecule has 26 heavy (non-hydrogen) atoms. The third-order valence-electron chi connectivity index (χ3n) is 5.10. The Labute approximate surface area is 157 Å². The third kappa shape index (κ3) is 5.43. The molecule has 0 spiro atoms. The summed E-state index contributed by atoms with van der Waals surface area (Å²) in [7, 11) is 0. The highest BCUT2D eigenvalue weighted by molar-refractivity contribution is 6.04. The first-order chi connectivity index (χ1) is 12.7. The molecule has 2 aromatic rings. The fourth-order valence-electron chi connectivity index (χ4n) is 3.48. The van der Waals surface area contributed by atoms with Crippen molar-refractivity contribution in [1.29, 1.82) is 0 Å². The predicted molar refractivity (Wildman–Crippen MR) is 109 cm³/mol. The van der Waals surface area contributed by atoms with Gasteiger partial charge in [-0.25, -0.2) is 0 Å². The molecule has 0 saturated carbocycles. The van der Waals surface area contributed by atoms with E-state index in [1.54, 1.807) is 0 Å². The second-order valence-corrected chi connectivity index (χ2v) is 7.29. The molecule has 0 aliphatic carbocycles. The first-order valence-corrected chi connectivity index (χ1v) is 9.96. The van der Waals surface area contributed by atoms with Gasteiger partial charge in [-0.05, 0) is 74.2 Å². The van der Waals surface area contributed by atoms with Crippen molar-refractivity contribution in [2.75, 3.05) is 18.4 Å². The number of benzene rings is 2. The second-order valence-electron chi connectivity index (χ2n) is 7.29. The molecular formula is C23H30N2O. The molecule has 1 heterocycles. The van der Waals surface area contributed by atoms with E-state index in [1.807, 2.05) is 24.3 Å². The minimum atomic E-state index is -0.0455. The van der Waals surface area contributed by atoms with Crippen molar-refractivity contribution in [2.24, 2.45) is 0 Å². The lowest BCUT2D eigenvalue weighted by Gasteiger charge is -2.26. The first kappa shape index (κ1) is 18.7. The smallest absolute Gasteiger partial charge is 0.255 e. The lowest BCUT2D eigenvalue weighted by Crippen LogP contribution is -2.29. The van der Waals surface area contributed by atoms with Crippen LogP contribution in [0, 0.1) is 0 Å². The number of carbonyl (C=O) groups is 1. The maximum Gasteiger partial charge on any atom is 0.255 e. The van der Waals surface area contributed by atoms with Gasteiger partial charge < -0.3 is 5.32 Å². The third-order valence-corrected chi connectivity index (χ3v) is 5.10. The maximum atomic E-state index is 12.5. The number of carbonyl (C=O) groups excluding carboxylic acids is 1. The average molecular weight is 351 g/mol. The molecule has 1 saturated heterocycles. The largest absolute Gasteiger partial charge is 0.322 e. The monoisotopic (exact) mass is 350 g/mol. The van der Waals surface area contributed by atoms with Gasteiger partial charge in [0, 0.05) is 17.8 Å². The number of anilines is 1. The summed E-state index contributed by atoms with van der Waals surface area (Å²) in [6, 6.07) is 16.2. The number of likely N-dealkylation sites (tertiary alicyclic amines) is 1. The van der Waals surface area contributed by atoms with Crippen LogP contribution in [0.2, 0.25) is 0 Å². The molecule has 0 radical (unpaired) electrons. The highest BCUT2D eigenvalue weighted by Crippen LogP contribution is 2.16. The van der Waals surface area contributed by atoms with E-state index in [0.29, 0.717) is 5.56 Å². The SMILES string of the molecule is CCCCc1ccc(NC(=O)c2ccc(CN3CCCCC3)cc2)cc1. The van der Waals surface area contributed by atoms with Gasteiger partial charge in [0.05, 0.1) is 0 Å². The van der Waals surface area contributed by atoms with Gasteiger partial charge >= 0.3 is 0 Å². The Bertz CT molecular complexity index is 685. The van der Waals surface area contributed by atoms with Crippen LogP contribution in [0.15, 0.2) is 48.5 Å². The van der Waals surface area contributed by atoms with Crippen LogP contribution in [0.3, 0.4) is 0 Å². The van der Waals surface area contributed by atoms with E-state index in [4.69, 9.17) is 0 Å². The topological polar surface area (TPSA) is 32.3 Å². The number of amides is 1. The Morgan fingerprint density at radius 2 is 1.58 bits per heavy atom. The van der Waals surface area contributed by atoms with E-state index in [-0.39, 0.29) is 5.91 Å². The van der Waals surface area contributed by atoms with Crippen LogP contribution in [0.5, 0.6) is 0 Å². The van der Waals surface area contributed by atoms with Crippen molar-refractivity contribution in [2.45, 2.75) is 52.0 Å². The summed E-state index contributed by atoms with van der Waals surface area (Å²) in [5.74, 6) is -0.0455. The van der Waals surface area contributed by atoms with Gasteiger partial charge in [-0.2, -0.15) is 0 Å². The van der Waals surface area contributed by atoms with E-state index >= 15 is 0 Å². The van der Waals surface area contributed by atoms with E-state index in [0.717, 1.165) is 18.7 Å². The quantitative estimate of drug-likeness (QED) is 0.738. The molecule has 3 nitrogen and oxygen atoms in total. The first-order valence-electron chi connectivity index (χ1n) is 9.96. The zero-order valence-corrected chi connectivity index (χ0v) is 15.8. The van der Waals surface area contributed by atoms with Gasteiger partial charge in [-0.1, -0.05) is 44.0 Å². The van der Waals surface area contributed by atoms with E-state index in [2.05, 4.69) is 41.4 Å². The molecule has 1 aliphatic heterocycles. The maximum absolute atomic E-state index is 12.5. The summed E-state index contributed by atoms with van der Waals surface area (Å²) in [6.45, 7) is 5.57. The second kappa shape index (κ2) is 9.54. The Balaban J connectivity index is 1.54. The summed E-state index contributed by atoms with van der Waals surface area (Å²) in [5, 5.41) is 2.99. The number of nitrogens with zero attached hydrogens (tertiary/aromatic N) is 1. The van der Waals surface area contributed by atoms with E-state index < -0.39 is 0 Å². The summed E-state index contributed by atoms with van der Waals surface area (Å²) >= 11 is 0. The number of hydrogen-bond donors (Lipinski definition) is 1. The molecule has 2 aromatic carbocycles. The molecule has 1 aliphatic rings. The number of hydrogen-bond acceptors (Lipinski definition) is 2. The number of nitrogens with one attached hydrogen (secondary N) is 1. The fraction of sp³-hybridized carbons (Fsp3) is 0.435. The minimum absolute atomic E-state index is 0.0455. The Hall–Kier alpha value is -2.13. The molecule has 0 unspecified atom stereocenters. The molecule has 138 valence electrons. The molecule has 1 amide bonds. The van der Waals surface area contributed by atoms with Crippen molar-refractivity contribution in [3.63, 3.8) is 0 Å². The highest BCUT2D eigenvalue weighted by atomic mass is 16.1. The van der Waals surface area contributed by atoms with Gasteiger partial charge in [-0.15, -0.1) is 0 Å². The summed E-state index contributed by atoms with van der Waals surface area (Å²) in [4.78, 5) is 14.9. The van der Waals surface area contributed by atoms with Crippen LogP contribution in [0.1, 0.15) is 60.5 Å². The molecular weight excluding hydrogens is 320 g/mol. The number of rotatable bonds is 7. The van der Waals surface area contributed by atoms with Gasteiger partial charge in [0.2, 0.25) is 0 Å². The van der Waals surface area contributed by atoms with E-state index in [9.17, 15) is 4.79 Å². The van der Waals surface area contributed by atoms with Crippen molar-refractivity contribution in [3.8, 4) is 0 Å². The predicted octanol–water partition coefficient (Wildman–Crippen LogP) is 5.27. The van der Waals surface area contributed by atoms with Gasteiger partial charge in [0.15, 0.2) is 0 Å². The van der Waals surface area contributed by atoms with Crippen molar-refractivity contribution in [1.82, 2.24) is 4.90 Å². The van der Waals surface area contributed by atoms with Crippen LogP contribution < -0.4 is 5.32 Å². The van der Waals surface area contributed by atoms with Crippen LogP contribution in [-0.4, -0.2) is 23.9 Å². The van der Waals surface area contributed by atoms with Gasteiger partial charge in [-0.3, -0.25) is 9.69 Å². The molecule has 1 N–H and O–H groups in total. The average Bonchev–Trinajstić information content (AvgIpc) is 2.69. The normalized spacial score (nSPS) is 15.0. The summed E-state index contributed by atoms with van der Waals surface area (Å²) in [5.41, 5.74) is 4.17. The molecule has 1 fully saturated rings. The van der Waals surface area contributed by atoms with Crippen LogP contribution in [-0.2, 0) is 13.0 Å². The number of piperidine rings is 1. The lowest BCUT2D eigenvalue weighted by molar-refractivity contribution is 0.102. The van der Waals surface area contributed by atoms with Crippen molar-refractivity contribution >= 4 is 11.6 Å². The molecule has 0 atom stereocenters. The lowest BCUT2D eigenvalue weighted by atomic mass is 10.1. The number of aryl methyl sites for hydroxylation is 1. The van der Waals surface area contributed by atoms with Crippen molar-refractivity contribution < 1.29 is 4.79 Å². The minimum Gasteiger partial charge on any atom is -0.322 e. The van der Waals surface area contributed by atoms with Gasteiger partial charge in [0.25, 0.3) is 5.91 Å². The molecule has 0 aromatic heterocycles. The standard InChI is InChI=1S/C23H30N2O/c1-2-3-7-19-10-14-22(15-11-19)24-23(26)21-12-8-20(9-13-21)18-25-16-5-4-6-17-25/h8-15H,2-7,16-18H2,1H3,(H,24,26). The highest BCUT2D eigenvalue weighted by Gasteiger charge is 2.11. The number of unbranched alkanes of at least 4 members (excludes halogenated alkanes) is 1. The van der Waals surface area contributed by atoms with Crippen molar-refractivity contribution in [3.05, 3.63) is 65.2 Å². The fourth-order valence-corrected chi connectivity index (χ4v) is 3.48. The molecule has 3 rings (SSSR count). The van der Waals surface area contributed by atoms with Crippen LogP contribution in [0.4, 0.5) is 5.69 Å². The zero-order chi connectivity index (χ0) is 18.2. The molecule has 3 heteroatoms. The summed E-state index contributed by atoms with van der Waals surface area (Å²) in [6.07, 6.45) is 7.47. The Morgan fingerprint density at radius 1 is 0.923 bits per heavy atom. The Kier molecular flexibility index (Phi) is 6.84. The molecule has 0 bridgehead atoms. The summed E-state index contributed by atoms with van der Waals surface area (Å²) < 4.78 is 0. The zero-order valence-electron chi connectivity index (χ0n) is 15.8. The van der Waals surface area contributed by atoms with Gasteiger partial charge in [0.1, 0.15) is 0 Å². The van der Waals surface area contributed by atoms with Crippen LogP contribution in [0.25, 0.3) is 0 Å². The van der Waals surface area contributed by atoms with Crippen LogP contribution >= 0.6 is 0 Å². The van der Waals surface area contributed by atoms with E-state index in [1.165, 1.54) is 56.3 Å².